The van der Waals surface area contributed by atoms with E-state index < -0.39 is 0 Å². The molecule has 1 heterocycles. The van der Waals surface area contributed by atoms with Crippen molar-refractivity contribution < 1.29 is 4.74 Å². The zero-order valence-corrected chi connectivity index (χ0v) is 11.9. The summed E-state index contributed by atoms with van der Waals surface area (Å²) in [5, 5.41) is 0. The maximum absolute atomic E-state index is 6.01. The molecule has 0 amide bonds. The molecular weight excluding hydrogens is 248 g/mol. The molecule has 0 aliphatic rings. The fourth-order valence-corrected chi connectivity index (χ4v) is 2.37. The van der Waals surface area contributed by atoms with Crippen LogP contribution in [0.25, 0.3) is 11.0 Å². The number of para-hydroxylation sites is 1. The molecule has 0 radical (unpaired) electrons. The lowest BCUT2D eigenvalue weighted by molar-refractivity contribution is 0.343. The lowest BCUT2D eigenvalue weighted by Gasteiger charge is -2.14. The number of benzene rings is 1. The molecule has 1 aromatic carbocycles. The van der Waals surface area contributed by atoms with Gasteiger partial charge in [-0.3, -0.25) is 0 Å². The number of fused-ring (bicyclic) bond motifs is 1. The normalized spacial score (nSPS) is 12.9. The highest BCUT2D eigenvalue weighted by molar-refractivity contribution is 6.16. The number of imidazole rings is 1. The second-order valence-corrected chi connectivity index (χ2v) is 4.61. The third kappa shape index (κ3) is 2.19. The van der Waals surface area contributed by atoms with E-state index in [1.165, 1.54) is 0 Å². The van der Waals surface area contributed by atoms with E-state index in [0.717, 1.165) is 29.0 Å². The lowest BCUT2D eigenvalue weighted by atomic mass is 10.2. The van der Waals surface area contributed by atoms with Crippen molar-refractivity contribution in [2.75, 3.05) is 6.61 Å². The largest absolute Gasteiger partial charge is 0.492 e. The average molecular weight is 267 g/mol. The minimum atomic E-state index is 0.389. The van der Waals surface area contributed by atoms with Crippen LogP contribution in [0.3, 0.4) is 0 Å². The number of rotatable bonds is 5. The maximum Gasteiger partial charge on any atom is 0.147 e. The van der Waals surface area contributed by atoms with Crippen molar-refractivity contribution in [2.24, 2.45) is 0 Å². The third-order valence-corrected chi connectivity index (χ3v) is 3.45. The van der Waals surface area contributed by atoms with Crippen LogP contribution >= 0.6 is 11.6 Å². The smallest absolute Gasteiger partial charge is 0.147 e. The van der Waals surface area contributed by atoms with E-state index in [2.05, 4.69) is 29.5 Å². The first-order valence-corrected chi connectivity index (χ1v) is 6.94. The third-order valence-electron chi connectivity index (χ3n) is 3.21. The first kappa shape index (κ1) is 13.2. The number of aromatic nitrogens is 2. The van der Waals surface area contributed by atoms with Gasteiger partial charge in [0.2, 0.25) is 0 Å². The molecule has 2 aromatic rings. The standard InChI is InChI=1S/C14H19ClN2O/c1-4-10(3)17-11-7-6-8-12(18-5-2)14(11)16-13(17)9-15/h6-8,10H,4-5,9H2,1-3H3. The van der Waals surface area contributed by atoms with Gasteiger partial charge in [0.1, 0.15) is 17.1 Å². The van der Waals surface area contributed by atoms with Crippen LogP contribution in [-0.2, 0) is 5.88 Å². The molecule has 0 fully saturated rings. The van der Waals surface area contributed by atoms with Crippen molar-refractivity contribution in [3.05, 3.63) is 24.0 Å². The van der Waals surface area contributed by atoms with Crippen molar-refractivity contribution in [1.29, 1.82) is 0 Å². The quantitative estimate of drug-likeness (QED) is 0.761. The molecule has 3 nitrogen and oxygen atoms in total. The number of nitrogens with zero attached hydrogens (tertiary/aromatic N) is 2. The molecule has 1 aromatic heterocycles. The first-order chi connectivity index (χ1) is 8.72. The van der Waals surface area contributed by atoms with Crippen molar-refractivity contribution in [3.8, 4) is 5.75 Å². The average Bonchev–Trinajstić information content (AvgIpc) is 2.77. The molecule has 0 aliphatic carbocycles. The number of hydrogen-bond acceptors (Lipinski definition) is 2. The Balaban J connectivity index is 2.65. The molecule has 98 valence electrons. The summed E-state index contributed by atoms with van der Waals surface area (Å²) >= 11 is 6.01. The summed E-state index contributed by atoms with van der Waals surface area (Å²) < 4.78 is 7.84. The van der Waals surface area contributed by atoms with Crippen LogP contribution in [0.1, 0.15) is 39.1 Å². The SMILES string of the molecule is CCOc1cccc2c1nc(CCl)n2C(C)CC. The Kier molecular flexibility index (Phi) is 4.12. The Hall–Kier alpha value is -1.22. The minimum Gasteiger partial charge on any atom is -0.492 e. The van der Waals surface area contributed by atoms with Crippen molar-refractivity contribution in [3.63, 3.8) is 0 Å². The van der Waals surface area contributed by atoms with E-state index in [1.54, 1.807) is 0 Å². The van der Waals surface area contributed by atoms with Gasteiger partial charge in [-0.1, -0.05) is 13.0 Å². The van der Waals surface area contributed by atoms with Crippen molar-refractivity contribution in [1.82, 2.24) is 9.55 Å². The highest BCUT2D eigenvalue weighted by Gasteiger charge is 2.16. The molecule has 0 bridgehead atoms. The van der Waals surface area contributed by atoms with Crippen molar-refractivity contribution in [2.45, 2.75) is 39.1 Å². The van der Waals surface area contributed by atoms with Gasteiger partial charge in [0.15, 0.2) is 0 Å². The second kappa shape index (κ2) is 5.61. The Morgan fingerprint density at radius 3 is 2.78 bits per heavy atom. The second-order valence-electron chi connectivity index (χ2n) is 4.35. The summed E-state index contributed by atoms with van der Waals surface area (Å²) in [6.07, 6.45) is 1.05. The minimum absolute atomic E-state index is 0.389. The van der Waals surface area contributed by atoms with E-state index in [-0.39, 0.29) is 0 Å². The van der Waals surface area contributed by atoms with Gasteiger partial charge in [0.05, 0.1) is 18.0 Å². The van der Waals surface area contributed by atoms with E-state index in [1.807, 2.05) is 19.1 Å². The van der Waals surface area contributed by atoms with Crippen LogP contribution in [0.15, 0.2) is 18.2 Å². The number of hydrogen-bond donors (Lipinski definition) is 0. The molecule has 0 spiro atoms. The molecule has 18 heavy (non-hydrogen) atoms. The maximum atomic E-state index is 6.01. The Morgan fingerprint density at radius 2 is 2.17 bits per heavy atom. The summed E-state index contributed by atoms with van der Waals surface area (Å²) in [5.74, 6) is 2.17. The molecule has 0 saturated carbocycles. The zero-order chi connectivity index (χ0) is 13.1. The van der Waals surface area contributed by atoms with E-state index >= 15 is 0 Å². The zero-order valence-electron chi connectivity index (χ0n) is 11.1. The summed E-state index contributed by atoms with van der Waals surface area (Å²) in [6, 6.07) is 6.43. The molecule has 1 unspecified atom stereocenters. The summed E-state index contributed by atoms with van der Waals surface area (Å²) in [5.41, 5.74) is 2.02. The Bertz CT molecular complexity index is 536. The van der Waals surface area contributed by atoms with Crippen LogP contribution in [-0.4, -0.2) is 16.2 Å². The van der Waals surface area contributed by atoms with Gasteiger partial charge < -0.3 is 9.30 Å². The monoisotopic (exact) mass is 266 g/mol. The van der Waals surface area contributed by atoms with Crippen molar-refractivity contribution >= 4 is 22.6 Å². The van der Waals surface area contributed by atoms with Gasteiger partial charge in [0.25, 0.3) is 0 Å². The summed E-state index contributed by atoms with van der Waals surface area (Å²) in [6.45, 7) is 6.98. The van der Waals surface area contributed by atoms with Gasteiger partial charge in [-0.2, -0.15) is 0 Å². The Labute approximate surface area is 113 Å². The molecule has 0 aliphatic heterocycles. The van der Waals surface area contributed by atoms with Crippen LogP contribution < -0.4 is 4.74 Å². The lowest BCUT2D eigenvalue weighted by Crippen LogP contribution is -2.07. The summed E-state index contributed by atoms with van der Waals surface area (Å²) in [7, 11) is 0. The van der Waals surface area contributed by atoms with Crippen LogP contribution in [0.4, 0.5) is 0 Å². The van der Waals surface area contributed by atoms with Crippen LogP contribution in [0, 0.1) is 0 Å². The molecule has 4 heteroatoms. The van der Waals surface area contributed by atoms with Gasteiger partial charge in [0, 0.05) is 6.04 Å². The fraction of sp³-hybridized carbons (Fsp3) is 0.500. The number of ether oxygens (including phenoxy) is 1. The van der Waals surface area contributed by atoms with E-state index in [9.17, 15) is 0 Å². The highest BCUT2D eigenvalue weighted by Crippen LogP contribution is 2.30. The molecule has 2 rings (SSSR count). The number of alkyl halides is 1. The van der Waals surface area contributed by atoms with E-state index in [0.29, 0.717) is 18.5 Å². The van der Waals surface area contributed by atoms with E-state index in [4.69, 9.17) is 16.3 Å². The van der Waals surface area contributed by atoms with Crippen LogP contribution in [0.5, 0.6) is 5.75 Å². The highest BCUT2D eigenvalue weighted by atomic mass is 35.5. The van der Waals surface area contributed by atoms with Gasteiger partial charge in [-0.15, -0.1) is 11.6 Å². The predicted molar refractivity (Wildman–Crippen MR) is 75.5 cm³/mol. The molecular formula is C14H19ClN2O. The molecule has 0 saturated heterocycles. The Morgan fingerprint density at radius 1 is 1.39 bits per heavy atom. The fourth-order valence-electron chi connectivity index (χ4n) is 2.18. The predicted octanol–water partition coefficient (Wildman–Crippen LogP) is 4.14. The van der Waals surface area contributed by atoms with Crippen LogP contribution in [0.2, 0.25) is 0 Å². The number of halogens is 1. The first-order valence-electron chi connectivity index (χ1n) is 6.41. The topological polar surface area (TPSA) is 27.1 Å². The van der Waals surface area contributed by atoms with Gasteiger partial charge in [-0.05, 0) is 32.4 Å². The molecule has 1 atom stereocenters. The molecule has 0 N–H and O–H groups in total. The van der Waals surface area contributed by atoms with Gasteiger partial charge >= 0.3 is 0 Å². The summed E-state index contributed by atoms with van der Waals surface area (Å²) in [4.78, 5) is 4.62. The van der Waals surface area contributed by atoms with Gasteiger partial charge in [-0.25, -0.2) is 4.98 Å².